The molecule has 1 saturated heterocycles. The maximum absolute atomic E-state index is 12.9. The number of imide groups is 1. The van der Waals surface area contributed by atoms with Gasteiger partial charge in [0.1, 0.15) is 6.61 Å². The molecular formula is C25H22Cl2N2O4. The lowest BCUT2D eigenvalue weighted by Gasteiger charge is -2.37. The fourth-order valence-corrected chi connectivity index (χ4v) is 5.44. The van der Waals surface area contributed by atoms with Gasteiger partial charge in [-0.3, -0.25) is 9.59 Å². The Kier molecular flexibility index (Phi) is 5.89. The van der Waals surface area contributed by atoms with Crippen LogP contribution in [-0.2, 0) is 16.2 Å². The van der Waals surface area contributed by atoms with Crippen LogP contribution in [0.25, 0.3) is 0 Å². The lowest BCUT2D eigenvalue weighted by Crippen LogP contribution is -2.38. The Bertz CT molecular complexity index is 1150. The number of fused-ring (bicyclic) bond motifs is 1. The van der Waals surface area contributed by atoms with E-state index in [1.807, 2.05) is 6.07 Å². The molecule has 2 amide bonds. The number of methoxy groups -OCH3 is 1. The van der Waals surface area contributed by atoms with E-state index in [1.165, 1.54) is 6.21 Å². The molecule has 1 heterocycles. The number of halogens is 2. The fourth-order valence-electron chi connectivity index (χ4n) is 4.97. The molecule has 2 bridgehead atoms. The van der Waals surface area contributed by atoms with Gasteiger partial charge in [-0.1, -0.05) is 41.4 Å². The smallest absolute Gasteiger partial charge is 0.254 e. The van der Waals surface area contributed by atoms with Gasteiger partial charge in [0.2, 0.25) is 0 Å². The Morgan fingerprint density at radius 1 is 1.00 bits per heavy atom. The van der Waals surface area contributed by atoms with Gasteiger partial charge in [-0.2, -0.15) is 10.1 Å². The molecule has 4 atom stereocenters. The van der Waals surface area contributed by atoms with Crippen LogP contribution in [0.2, 0.25) is 10.0 Å². The molecule has 33 heavy (non-hydrogen) atoms. The number of amides is 2. The van der Waals surface area contributed by atoms with E-state index in [0.717, 1.165) is 23.4 Å². The lowest BCUT2D eigenvalue weighted by molar-refractivity contribution is -0.140. The summed E-state index contributed by atoms with van der Waals surface area (Å²) in [5, 5.41) is 6.38. The summed E-state index contributed by atoms with van der Waals surface area (Å²) in [5.74, 6) is 0.359. The normalized spacial score (nSPS) is 25.7. The predicted molar refractivity (Wildman–Crippen MR) is 126 cm³/mol. The molecule has 2 fully saturated rings. The van der Waals surface area contributed by atoms with Crippen molar-refractivity contribution in [3.8, 4) is 11.5 Å². The van der Waals surface area contributed by atoms with Crippen LogP contribution in [0.4, 0.5) is 0 Å². The van der Waals surface area contributed by atoms with Gasteiger partial charge in [0.25, 0.3) is 11.8 Å². The molecule has 6 nitrogen and oxygen atoms in total. The second kappa shape index (κ2) is 8.84. The Hall–Kier alpha value is -2.83. The molecule has 170 valence electrons. The molecule has 1 aliphatic heterocycles. The van der Waals surface area contributed by atoms with Gasteiger partial charge in [-0.25, -0.2) is 0 Å². The highest BCUT2D eigenvalue weighted by atomic mass is 35.5. The third-order valence-electron chi connectivity index (χ3n) is 6.64. The first-order valence-electron chi connectivity index (χ1n) is 10.8. The molecule has 0 spiro atoms. The maximum atomic E-state index is 12.9. The number of nitrogens with zero attached hydrogens (tertiary/aromatic N) is 2. The molecule has 3 aliphatic carbocycles. The summed E-state index contributed by atoms with van der Waals surface area (Å²) < 4.78 is 11.3. The zero-order chi connectivity index (χ0) is 23.1. The van der Waals surface area contributed by atoms with E-state index >= 15 is 0 Å². The Morgan fingerprint density at radius 3 is 2.30 bits per heavy atom. The minimum Gasteiger partial charge on any atom is -0.493 e. The first-order valence-corrected chi connectivity index (χ1v) is 11.6. The highest BCUT2D eigenvalue weighted by Crippen LogP contribution is 2.49. The van der Waals surface area contributed by atoms with E-state index < -0.39 is 0 Å². The van der Waals surface area contributed by atoms with Crippen molar-refractivity contribution >= 4 is 41.2 Å². The summed E-state index contributed by atoms with van der Waals surface area (Å²) >= 11 is 12.2. The largest absolute Gasteiger partial charge is 0.493 e. The van der Waals surface area contributed by atoms with Crippen LogP contribution < -0.4 is 9.47 Å². The van der Waals surface area contributed by atoms with E-state index in [9.17, 15) is 9.59 Å². The second-order valence-electron chi connectivity index (χ2n) is 8.51. The van der Waals surface area contributed by atoms with Crippen LogP contribution in [0.15, 0.2) is 53.7 Å². The van der Waals surface area contributed by atoms with E-state index in [-0.39, 0.29) is 42.1 Å². The number of ether oxygens (including phenoxy) is 2. The summed E-state index contributed by atoms with van der Waals surface area (Å²) in [4.78, 5) is 25.8. The zero-order valence-electron chi connectivity index (χ0n) is 17.9. The van der Waals surface area contributed by atoms with Crippen molar-refractivity contribution in [1.29, 1.82) is 0 Å². The topological polar surface area (TPSA) is 68.2 Å². The number of hydrazone groups is 1. The number of benzene rings is 2. The first-order chi connectivity index (χ1) is 16.0. The Morgan fingerprint density at radius 2 is 1.70 bits per heavy atom. The van der Waals surface area contributed by atoms with Crippen LogP contribution in [-0.4, -0.2) is 30.1 Å². The van der Waals surface area contributed by atoms with Crippen molar-refractivity contribution in [3.63, 3.8) is 0 Å². The molecule has 2 aromatic rings. The van der Waals surface area contributed by atoms with E-state index in [2.05, 4.69) is 17.3 Å². The van der Waals surface area contributed by atoms with Crippen LogP contribution >= 0.6 is 23.2 Å². The highest BCUT2D eigenvalue weighted by Gasteiger charge is 2.56. The number of carbonyl (C=O) groups is 2. The first kappa shape index (κ1) is 22.0. The molecule has 6 rings (SSSR count). The number of hydrogen-bond donors (Lipinski definition) is 0. The Labute approximate surface area is 201 Å². The van der Waals surface area contributed by atoms with Crippen molar-refractivity contribution in [2.24, 2.45) is 28.8 Å². The van der Waals surface area contributed by atoms with Gasteiger partial charge in [0.15, 0.2) is 11.5 Å². The minimum atomic E-state index is -0.275. The molecule has 0 unspecified atom stereocenters. The van der Waals surface area contributed by atoms with Gasteiger partial charge in [0.05, 0.1) is 25.2 Å². The zero-order valence-corrected chi connectivity index (χ0v) is 19.4. The Balaban J connectivity index is 1.30. The molecule has 0 N–H and O–H groups in total. The minimum absolute atomic E-state index is 0.141. The number of allylic oxidation sites excluding steroid dienone is 2. The van der Waals surface area contributed by atoms with Gasteiger partial charge in [-0.15, -0.1) is 0 Å². The van der Waals surface area contributed by atoms with Gasteiger partial charge < -0.3 is 9.47 Å². The third-order valence-corrected chi connectivity index (χ3v) is 7.23. The molecule has 0 radical (unpaired) electrons. The van der Waals surface area contributed by atoms with Crippen LogP contribution in [0.3, 0.4) is 0 Å². The monoisotopic (exact) mass is 484 g/mol. The standard InChI is InChI=1S/C25H22Cl2N2O4/c1-32-21-10-14(2-9-20(21)33-13-17-7-8-18(26)11-19(17)27)12-28-29-24(30)22-15-3-4-16(6-5-15)23(22)25(29)31/h2-4,7-12,15-16,22-23H,5-6,13H2,1H3/b28-12-/t15-,16-,22+,23+/m0/s1. The fraction of sp³-hybridized carbons (Fsp3) is 0.320. The SMILES string of the molecule is COc1cc(/C=N\N2C(=O)[C@H]3[C@H](C2=O)[C@H]2C=C[C@H]3CC2)ccc1OCc1ccc(Cl)cc1Cl. The third kappa shape index (κ3) is 4.02. The summed E-state index contributed by atoms with van der Waals surface area (Å²) in [6.07, 6.45) is 7.60. The van der Waals surface area contributed by atoms with Gasteiger partial charge in [-0.05, 0) is 60.6 Å². The molecule has 1 saturated carbocycles. The quantitative estimate of drug-likeness (QED) is 0.324. The van der Waals surface area contributed by atoms with E-state index in [0.29, 0.717) is 27.1 Å². The molecule has 4 aliphatic rings. The van der Waals surface area contributed by atoms with Crippen molar-refractivity contribution in [3.05, 3.63) is 69.7 Å². The molecular weight excluding hydrogens is 463 g/mol. The molecule has 2 aromatic carbocycles. The predicted octanol–water partition coefficient (Wildman–Crippen LogP) is 5.11. The molecule has 0 aromatic heterocycles. The maximum Gasteiger partial charge on any atom is 0.254 e. The van der Waals surface area contributed by atoms with Crippen molar-refractivity contribution in [2.45, 2.75) is 19.4 Å². The van der Waals surface area contributed by atoms with E-state index in [1.54, 1.807) is 37.4 Å². The molecule has 8 heteroatoms. The van der Waals surface area contributed by atoms with Crippen molar-refractivity contribution in [2.75, 3.05) is 7.11 Å². The lowest BCUT2D eigenvalue weighted by atomic mass is 9.63. The summed E-state index contributed by atoms with van der Waals surface area (Å²) in [6, 6.07) is 10.5. The number of hydrogen-bond acceptors (Lipinski definition) is 5. The average Bonchev–Trinajstić information content (AvgIpc) is 3.10. The highest BCUT2D eigenvalue weighted by molar-refractivity contribution is 6.35. The van der Waals surface area contributed by atoms with Crippen molar-refractivity contribution in [1.82, 2.24) is 5.01 Å². The van der Waals surface area contributed by atoms with Crippen LogP contribution in [0.1, 0.15) is 24.0 Å². The summed E-state index contributed by atoms with van der Waals surface area (Å²) in [5.41, 5.74) is 1.48. The summed E-state index contributed by atoms with van der Waals surface area (Å²) in [7, 11) is 1.54. The van der Waals surface area contributed by atoms with Gasteiger partial charge >= 0.3 is 0 Å². The van der Waals surface area contributed by atoms with Crippen molar-refractivity contribution < 1.29 is 19.1 Å². The average molecular weight is 485 g/mol. The van der Waals surface area contributed by atoms with Crippen LogP contribution in [0.5, 0.6) is 11.5 Å². The van der Waals surface area contributed by atoms with Gasteiger partial charge in [0, 0.05) is 15.6 Å². The second-order valence-corrected chi connectivity index (χ2v) is 9.35. The van der Waals surface area contributed by atoms with E-state index in [4.69, 9.17) is 32.7 Å². The number of carbonyl (C=O) groups excluding carboxylic acids is 2. The summed E-state index contributed by atoms with van der Waals surface area (Å²) in [6.45, 7) is 0.246. The van der Waals surface area contributed by atoms with Crippen LogP contribution in [0, 0.1) is 23.7 Å². The number of rotatable bonds is 6.